The van der Waals surface area contributed by atoms with E-state index in [4.69, 9.17) is 15.9 Å². The summed E-state index contributed by atoms with van der Waals surface area (Å²) in [6, 6.07) is 14.6. The lowest BCUT2D eigenvalue weighted by Gasteiger charge is -2.17. The molecule has 1 aliphatic heterocycles. The molecular formula is C18H15NO3. The molecule has 22 heavy (non-hydrogen) atoms. The van der Waals surface area contributed by atoms with Gasteiger partial charge in [-0.2, -0.15) is 0 Å². The molecule has 0 spiro atoms. The molecule has 0 radical (unpaired) electrons. The Kier molecular flexibility index (Phi) is 3.97. The molecule has 4 heteroatoms. The van der Waals surface area contributed by atoms with Crippen molar-refractivity contribution in [2.75, 3.05) is 6.79 Å². The van der Waals surface area contributed by atoms with Gasteiger partial charge in [0.1, 0.15) is 0 Å². The van der Waals surface area contributed by atoms with Gasteiger partial charge in [-0.1, -0.05) is 30.3 Å². The molecule has 2 aromatic rings. The first-order valence-electron chi connectivity index (χ1n) is 6.97. The summed E-state index contributed by atoms with van der Waals surface area (Å²) in [5, 5.41) is 2.96. The second-order valence-electron chi connectivity index (χ2n) is 4.91. The molecule has 0 fully saturated rings. The normalized spacial score (nSPS) is 13.2. The van der Waals surface area contributed by atoms with E-state index in [1.165, 1.54) is 0 Å². The molecule has 1 amide bonds. The van der Waals surface area contributed by atoms with Crippen LogP contribution in [0.2, 0.25) is 0 Å². The Bertz CT molecular complexity index is 719. The summed E-state index contributed by atoms with van der Waals surface area (Å²) in [5.74, 6) is 3.65. The van der Waals surface area contributed by atoms with Gasteiger partial charge in [-0.3, -0.25) is 4.79 Å². The van der Waals surface area contributed by atoms with Gasteiger partial charge in [0.05, 0.1) is 6.04 Å². The SMILES string of the molecule is C#CC[C@@H](NC(=O)c1ccc2c(c1)OCO2)c1ccccc1. The Morgan fingerprint density at radius 3 is 2.73 bits per heavy atom. The Morgan fingerprint density at radius 1 is 1.18 bits per heavy atom. The van der Waals surface area contributed by atoms with Crippen molar-refractivity contribution in [2.24, 2.45) is 0 Å². The van der Waals surface area contributed by atoms with Crippen LogP contribution in [0.5, 0.6) is 11.5 Å². The van der Waals surface area contributed by atoms with Gasteiger partial charge in [0.25, 0.3) is 5.91 Å². The van der Waals surface area contributed by atoms with Crippen LogP contribution in [0.1, 0.15) is 28.4 Å². The quantitative estimate of drug-likeness (QED) is 0.882. The first kappa shape index (κ1) is 14.0. The second kappa shape index (κ2) is 6.23. The van der Waals surface area contributed by atoms with Crippen LogP contribution in [0.15, 0.2) is 48.5 Å². The first-order valence-corrected chi connectivity index (χ1v) is 6.97. The molecule has 0 saturated carbocycles. The highest BCUT2D eigenvalue weighted by Gasteiger charge is 2.18. The van der Waals surface area contributed by atoms with E-state index in [0.717, 1.165) is 5.56 Å². The lowest BCUT2D eigenvalue weighted by molar-refractivity contribution is 0.0937. The zero-order valence-electron chi connectivity index (χ0n) is 11.9. The monoisotopic (exact) mass is 293 g/mol. The summed E-state index contributed by atoms with van der Waals surface area (Å²) in [5.41, 5.74) is 1.50. The van der Waals surface area contributed by atoms with Gasteiger partial charge >= 0.3 is 0 Å². The zero-order valence-corrected chi connectivity index (χ0v) is 11.9. The van der Waals surface area contributed by atoms with Crippen molar-refractivity contribution in [2.45, 2.75) is 12.5 Å². The summed E-state index contributed by atoms with van der Waals surface area (Å²) in [6.45, 7) is 0.185. The van der Waals surface area contributed by atoms with Crippen LogP contribution >= 0.6 is 0 Å². The minimum Gasteiger partial charge on any atom is -0.454 e. The highest BCUT2D eigenvalue weighted by Crippen LogP contribution is 2.32. The van der Waals surface area contributed by atoms with E-state index < -0.39 is 0 Å². The number of ether oxygens (including phenoxy) is 2. The van der Waals surface area contributed by atoms with Crippen LogP contribution in [0.3, 0.4) is 0 Å². The molecular weight excluding hydrogens is 278 g/mol. The second-order valence-corrected chi connectivity index (χ2v) is 4.91. The van der Waals surface area contributed by atoms with Crippen molar-refractivity contribution >= 4 is 5.91 Å². The number of amides is 1. The Morgan fingerprint density at radius 2 is 1.95 bits per heavy atom. The molecule has 1 aliphatic rings. The molecule has 4 nitrogen and oxygen atoms in total. The molecule has 0 saturated heterocycles. The third kappa shape index (κ3) is 2.89. The highest BCUT2D eigenvalue weighted by molar-refractivity contribution is 5.95. The van der Waals surface area contributed by atoms with Crippen LogP contribution in [-0.4, -0.2) is 12.7 Å². The topological polar surface area (TPSA) is 47.6 Å². The molecule has 0 aliphatic carbocycles. The number of hydrogen-bond donors (Lipinski definition) is 1. The summed E-state index contributed by atoms with van der Waals surface area (Å²) in [7, 11) is 0. The van der Waals surface area contributed by atoms with Crippen LogP contribution in [0.25, 0.3) is 0 Å². The fourth-order valence-electron chi connectivity index (χ4n) is 2.33. The van der Waals surface area contributed by atoms with Gasteiger partial charge in [0, 0.05) is 12.0 Å². The number of benzene rings is 2. The lowest BCUT2D eigenvalue weighted by Crippen LogP contribution is -2.28. The van der Waals surface area contributed by atoms with E-state index in [9.17, 15) is 4.79 Å². The lowest BCUT2D eigenvalue weighted by atomic mass is 10.0. The number of nitrogens with one attached hydrogen (secondary N) is 1. The average molecular weight is 293 g/mol. The van der Waals surface area contributed by atoms with E-state index >= 15 is 0 Å². The van der Waals surface area contributed by atoms with Crippen LogP contribution < -0.4 is 14.8 Å². The third-order valence-corrected chi connectivity index (χ3v) is 3.46. The summed E-state index contributed by atoms with van der Waals surface area (Å²) >= 11 is 0. The minimum atomic E-state index is -0.218. The Balaban J connectivity index is 1.78. The number of carbonyl (C=O) groups excluding carboxylic acids is 1. The van der Waals surface area contributed by atoms with E-state index in [-0.39, 0.29) is 18.7 Å². The van der Waals surface area contributed by atoms with Crippen molar-refractivity contribution in [1.82, 2.24) is 5.32 Å². The largest absolute Gasteiger partial charge is 0.454 e. The van der Waals surface area contributed by atoms with E-state index in [1.807, 2.05) is 30.3 Å². The van der Waals surface area contributed by atoms with Crippen molar-refractivity contribution < 1.29 is 14.3 Å². The predicted octanol–water partition coefficient (Wildman–Crippen LogP) is 2.91. The third-order valence-electron chi connectivity index (χ3n) is 3.46. The minimum absolute atomic E-state index is 0.185. The van der Waals surface area contributed by atoms with Gasteiger partial charge in [-0.15, -0.1) is 12.3 Å². The molecule has 0 aromatic heterocycles. The molecule has 3 rings (SSSR count). The maximum Gasteiger partial charge on any atom is 0.251 e. The van der Waals surface area contributed by atoms with Crippen LogP contribution in [-0.2, 0) is 0 Å². The molecule has 110 valence electrons. The van der Waals surface area contributed by atoms with Crippen molar-refractivity contribution in [1.29, 1.82) is 0 Å². The first-order chi connectivity index (χ1) is 10.8. The Labute approximate surface area is 129 Å². The van der Waals surface area contributed by atoms with Crippen molar-refractivity contribution in [3.8, 4) is 23.8 Å². The molecule has 2 aromatic carbocycles. The molecule has 1 heterocycles. The molecule has 1 atom stereocenters. The Hall–Kier alpha value is -2.93. The summed E-state index contributed by atoms with van der Waals surface area (Å²) < 4.78 is 10.5. The fraction of sp³-hybridized carbons (Fsp3) is 0.167. The van der Waals surface area contributed by atoms with E-state index in [2.05, 4.69) is 11.2 Å². The number of rotatable bonds is 4. The number of fused-ring (bicyclic) bond motifs is 1. The number of terminal acetylenes is 1. The van der Waals surface area contributed by atoms with Gasteiger partial charge in [0.15, 0.2) is 11.5 Å². The smallest absolute Gasteiger partial charge is 0.251 e. The van der Waals surface area contributed by atoms with E-state index in [0.29, 0.717) is 23.5 Å². The number of carbonyl (C=O) groups is 1. The van der Waals surface area contributed by atoms with Gasteiger partial charge in [-0.25, -0.2) is 0 Å². The zero-order chi connectivity index (χ0) is 15.4. The van der Waals surface area contributed by atoms with Crippen LogP contribution in [0.4, 0.5) is 0 Å². The van der Waals surface area contributed by atoms with Crippen molar-refractivity contribution in [3.05, 3.63) is 59.7 Å². The van der Waals surface area contributed by atoms with Crippen LogP contribution in [0, 0.1) is 12.3 Å². The summed E-state index contributed by atoms with van der Waals surface area (Å²) in [4.78, 5) is 12.4. The predicted molar refractivity (Wildman–Crippen MR) is 82.7 cm³/mol. The molecule has 1 N–H and O–H groups in total. The van der Waals surface area contributed by atoms with Gasteiger partial charge < -0.3 is 14.8 Å². The standard InChI is InChI=1S/C18H15NO3/c1-2-6-15(13-7-4-3-5-8-13)19-18(20)14-9-10-16-17(11-14)22-12-21-16/h1,3-5,7-11,15H,6,12H2,(H,19,20)/t15-/m1/s1. The maximum atomic E-state index is 12.4. The molecule has 0 unspecified atom stereocenters. The summed E-state index contributed by atoms with van der Waals surface area (Å²) in [6.07, 6.45) is 5.85. The van der Waals surface area contributed by atoms with Crippen molar-refractivity contribution in [3.63, 3.8) is 0 Å². The molecule has 0 bridgehead atoms. The average Bonchev–Trinajstić information content (AvgIpc) is 3.02. The van der Waals surface area contributed by atoms with E-state index in [1.54, 1.807) is 18.2 Å². The van der Waals surface area contributed by atoms with Gasteiger partial charge in [0.2, 0.25) is 6.79 Å². The number of hydrogen-bond acceptors (Lipinski definition) is 3. The maximum absolute atomic E-state index is 12.4. The van der Waals surface area contributed by atoms with Gasteiger partial charge in [-0.05, 0) is 23.8 Å². The fourth-order valence-corrected chi connectivity index (χ4v) is 2.33. The highest BCUT2D eigenvalue weighted by atomic mass is 16.7.